The second kappa shape index (κ2) is 5.09. The number of nitrogens with one attached hydrogen (secondary N) is 1. The van der Waals surface area contributed by atoms with Crippen LogP contribution in [-0.4, -0.2) is 45.5 Å². The van der Waals surface area contributed by atoms with E-state index in [1.54, 1.807) is 6.20 Å². The van der Waals surface area contributed by atoms with E-state index in [4.69, 9.17) is 0 Å². The lowest BCUT2D eigenvalue weighted by Crippen LogP contribution is -2.62. The first kappa shape index (κ1) is 13.8. The number of nitrogens with zero attached hydrogens (tertiary/aromatic N) is 3. The molecule has 1 amide bonds. The normalized spacial score (nSPS) is 30.6. The molecule has 2 aromatic heterocycles. The SMILES string of the molecule is C[C@H]1[C@H](NC(=O)c2cc3ccn(C)c3cn2)C2CCN1CC2. The van der Waals surface area contributed by atoms with E-state index in [0.29, 0.717) is 17.7 Å². The van der Waals surface area contributed by atoms with Crippen molar-refractivity contribution in [2.45, 2.75) is 31.8 Å². The van der Waals surface area contributed by atoms with Gasteiger partial charge in [-0.05, 0) is 50.9 Å². The van der Waals surface area contributed by atoms with Crippen LogP contribution < -0.4 is 5.32 Å². The molecule has 3 fully saturated rings. The van der Waals surface area contributed by atoms with Crippen molar-refractivity contribution >= 4 is 16.8 Å². The highest BCUT2D eigenvalue weighted by molar-refractivity contribution is 5.96. The van der Waals surface area contributed by atoms with Crippen LogP contribution in [0.25, 0.3) is 10.9 Å². The maximum Gasteiger partial charge on any atom is 0.270 e. The van der Waals surface area contributed by atoms with Crippen molar-refractivity contribution in [2.24, 2.45) is 13.0 Å². The van der Waals surface area contributed by atoms with E-state index in [1.807, 2.05) is 29.9 Å². The molecule has 22 heavy (non-hydrogen) atoms. The molecule has 5 heteroatoms. The molecular weight excluding hydrogens is 276 g/mol. The zero-order chi connectivity index (χ0) is 15.3. The van der Waals surface area contributed by atoms with Crippen molar-refractivity contribution in [3.63, 3.8) is 0 Å². The molecule has 2 bridgehead atoms. The minimum absolute atomic E-state index is 0.0450. The minimum Gasteiger partial charge on any atom is -0.349 e. The van der Waals surface area contributed by atoms with Gasteiger partial charge in [-0.15, -0.1) is 0 Å². The van der Waals surface area contributed by atoms with Crippen LogP contribution in [0.1, 0.15) is 30.3 Å². The molecule has 2 atom stereocenters. The molecule has 0 aliphatic carbocycles. The Labute approximate surface area is 130 Å². The Morgan fingerprint density at radius 2 is 2.14 bits per heavy atom. The second-order valence-corrected chi connectivity index (χ2v) is 6.67. The smallest absolute Gasteiger partial charge is 0.270 e. The summed E-state index contributed by atoms with van der Waals surface area (Å²) >= 11 is 0. The molecule has 5 rings (SSSR count). The molecule has 116 valence electrons. The Morgan fingerprint density at radius 3 is 2.86 bits per heavy atom. The number of hydrogen-bond donors (Lipinski definition) is 1. The van der Waals surface area contributed by atoms with Crippen LogP contribution >= 0.6 is 0 Å². The van der Waals surface area contributed by atoms with Crippen molar-refractivity contribution < 1.29 is 4.79 Å². The molecule has 1 N–H and O–H groups in total. The first-order chi connectivity index (χ1) is 10.6. The van der Waals surface area contributed by atoms with Crippen LogP contribution in [0.3, 0.4) is 0 Å². The standard InChI is InChI=1S/C17H22N4O/c1-11-16(12-4-7-21(11)8-5-12)19-17(22)14-9-13-3-6-20(2)15(13)10-18-14/h3,6,9-12,16H,4-5,7-8H2,1-2H3,(H,19,22)/t11-,16-/m0/s1. The molecule has 2 aromatic rings. The van der Waals surface area contributed by atoms with Crippen LogP contribution in [0.5, 0.6) is 0 Å². The highest BCUT2D eigenvalue weighted by Gasteiger charge is 2.40. The van der Waals surface area contributed by atoms with Gasteiger partial charge in [-0.3, -0.25) is 9.69 Å². The summed E-state index contributed by atoms with van der Waals surface area (Å²) in [5.74, 6) is 0.570. The van der Waals surface area contributed by atoms with Gasteiger partial charge in [0.25, 0.3) is 5.91 Å². The third-order valence-electron chi connectivity index (χ3n) is 5.48. The van der Waals surface area contributed by atoms with Crippen molar-refractivity contribution in [3.8, 4) is 0 Å². The molecule has 0 unspecified atom stereocenters. The molecule has 3 aliphatic rings. The summed E-state index contributed by atoms with van der Waals surface area (Å²) < 4.78 is 2.01. The van der Waals surface area contributed by atoms with E-state index < -0.39 is 0 Å². The molecule has 0 spiro atoms. The summed E-state index contributed by atoms with van der Waals surface area (Å²) in [5, 5.41) is 4.30. The van der Waals surface area contributed by atoms with Crippen LogP contribution in [0.4, 0.5) is 0 Å². The number of rotatable bonds is 2. The van der Waals surface area contributed by atoms with E-state index in [0.717, 1.165) is 10.9 Å². The molecule has 5 heterocycles. The number of aryl methyl sites for hydroxylation is 1. The Bertz CT molecular complexity index is 713. The van der Waals surface area contributed by atoms with E-state index in [1.165, 1.54) is 25.9 Å². The van der Waals surface area contributed by atoms with Crippen molar-refractivity contribution in [1.29, 1.82) is 0 Å². The predicted octanol–water partition coefficient (Wildman–Crippen LogP) is 1.79. The van der Waals surface area contributed by atoms with Gasteiger partial charge in [0.15, 0.2) is 0 Å². The van der Waals surface area contributed by atoms with Crippen molar-refractivity contribution in [2.75, 3.05) is 13.1 Å². The summed E-state index contributed by atoms with van der Waals surface area (Å²) in [5.41, 5.74) is 1.56. The number of carbonyl (C=O) groups excluding carboxylic acids is 1. The minimum atomic E-state index is -0.0450. The Balaban J connectivity index is 1.55. The Kier molecular flexibility index (Phi) is 3.18. The highest BCUT2D eigenvalue weighted by Crippen LogP contribution is 2.32. The summed E-state index contributed by atoms with van der Waals surface area (Å²) in [6, 6.07) is 4.58. The largest absolute Gasteiger partial charge is 0.349 e. The van der Waals surface area contributed by atoms with Gasteiger partial charge in [0.1, 0.15) is 5.69 Å². The quantitative estimate of drug-likeness (QED) is 0.919. The van der Waals surface area contributed by atoms with Crippen LogP contribution in [0, 0.1) is 5.92 Å². The van der Waals surface area contributed by atoms with Crippen LogP contribution in [0.2, 0.25) is 0 Å². The second-order valence-electron chi connectivity index (χ2n) is 6.67. The van der Waals surface area contributed by atoms with Crippen LogP contribution in [0.15, 0.2) is 24.5 Å². The maximum atomic E-state index is 12.6. The van der Waals surface area contributed by atoms with Gasteiger partial charge in [-0.1, -0.05) is 0 Å². The summed E-state index contributed by atoms with van der Waals surface area (Å²) in [7, 11) is 1.98. The predicted molar refractivity (Wildman–Crippen MR) is 85.7 cm³/mol. The van der Waals surface area contributed by atoms with E-state index >= 15 is 0 Å². The molecule has 0 aromatic carbocycles. The fraction of sp³-hybridized carbons (Fsp3) is 0.529. The van der Waals surface area contributed by atoms with E-state index in [-0.39, 0.29) is 11.9 Å². The Morgan fingerprint density at radius 1 is 1.36 bits per heavy atom. The number of carbonyl (C=O) groups is 1. The number of amides is 1. The molecule has 0 radical (unpaired) electrons. The lowest BCUT2D eigenvalue weighted by atomic mass is 9.79. The van der Waals surface area contributed by atoms with Gasteiger partial charge in [-0.25, -0.2) is 4.98 Å². The summed E-state index contributed by atoms with van der Waals surface area (Å²) in [6.07, 6.45) is 6.16. The van der Waals surface area contributed by atoms with Crippen molar-refractivity contribution in [1.82, 2.24) is 19.8 Å². The number of hydrogen-bond acceptors (Lipinski definition) is 3. The fourth-order valence-corrected chi connectivity index (χ4v) is 4.06. The van der Waals surface area contributed by atoms with Gasteiger partial charge in [0, 0.05) is 30.7 Å². The Hall–Kier alpha value is -1.88. The highest BCUT2D eigenvalue weighted by atomic mass is 16.2. The fourth-order valence-electron chi connectivity index (χ4n) is 4.06. The monoisotopic (exact) mass is 298 g/mol. The maximum absolute atomic E-state index is 12.6. The molecule has 3 aliphatic heterocycles. The average molecular weight is 298 g/mol. The first-order valence-corrected chi connectivity index (χ1v) is 8.09. The number of fused-ring (bicyclic) bond motifs is 4. The lowest BCUT2D eigenvalue weighted by Gasteiger charge is -2.49. The average Bonchev–Trinajstić information content (AvgIpc) is 2.92. The zero-order valence-corrected chi connectivity index (χ0v) is 13.1. The van der Waals surface area contributed by atoms with Gasteiger partial charge < -0.3 is 9.88 Å². The number of aromatic nitrogens is 2. The number of piperidine rings is 3. The van der Waals surface area contributed by atoms with Crippen LogP contribution in [-0.2, 0) is 7.05 Å². The van der Waals surface area contributed by atoms with Gasteiger partial charge in [-0.2, -0.15) is 0 Å². The van der Waals surface area contributed by atoms with Gasteiger partial charge >= 0.3 is 0 Å². The first-order valence-electron chi connectivity index (χ1n) is 8.09. The lowest BCUT2D eigenvalue weighted by molar-refractivity contribution is 0.0216. The van der Waals surface area contributed by atoms with Gasteiger partial charge in [0.05, 0.1) is 11.7 Å². The molecule has 5 nitrogen and oxygen atoms in total. The van der Waals surface area contributed by atoms with Gasteiger partial charge in [0.2, 0.25) is 0 Å². The third kappa shape index (κ3) is 2.11. The topological polar surface area (TPSA) is 50.2 Å². The molecule has 0 saturated carbocycles. The van der Waals surface area contributed by atoms with E-state index in [9.17, 15) is 4.79 Å². The zero-order valence-electron chi connectivity index (χ0n) is 13.1. The third-order valence-corrected chi connectivity index (χ3v) is 5.48. The number of pyridine rings is 1. The van der Waals surface area contributed by atoms with E-state index in [2.05, 4.69) is 22.1 Å². The molecule has 3 saturated heterocycles. The van der Waals surface area contributed by atoms with Crippen molar-refractivity contribution in [3.05, 3.63) is 30.2 Å². The summed E-state index contributed by atoms with van der Waals surface area (Å²) in [4.78, 5) is 19.4. The molecular formula is C17H22N4O. The summed E-state index contributed by atoms with van der Waals surface area (Å²) in [6.45, 7) is 4.57.